The Kier molecular flexibility index (Phi) is 3.86. The molecule has 1 aliphatic heterocycles. The van der Waals surface area contributed by atoms with Crippen molar-refractivity contribution in [3.05, 3.63) is 41.1 Å². The van der Waals surface area contributed by atoms with Gasteiger partial charge in [0.1, 0.15) is 5.75 Å². The largest absolute Gasteiger partial charge is 0.497 e. The van der Waals surface area contributed by atoms with Crippen molar-refractivity contribution in [3.8, 4) is 17.9 Å². The molecule has 0 bridgehead atoms. The van der Waals surface area contributed by atoms with Crippen molar-refractivity contribution in [2.24, 2.45) is 10.9 Å². The van der Waals surface area contributed by atoms with Crippen LogP contribution in [0.4, 0.5) is 0 Å². The van der Waals surface area contributed by atoms with Crippen LogP contribution in [0.1, 0.15) is 25.3 Å². The molecule has 0 aliphatic carbocycles. The Morgan fingerprint density at radius 2 is 1.80 bits per heavy atom. The summed E-state index contributed by atoms with van der Waals surface area (Å²) in [6, 6.07) is 12.0. The lowest BCUT2D eigenvalue weighted by Gasteiger charge is -2.26. The number of allylic oxidation sites excluding steroid dienone is 2. The lowest BCUT2D eigenvalue weighted by atomic mass is 9.77. The van der Waals surface area contributed by atoms with Crippen LogP contribution < -0.4 is 4.74 Å². The highest BCUT2D eigenvalue weighted by molar-refractivity contribution is 5.90. The third-order valence-electron chi connectivity index (χ3n) is 3.56. The van der Waals surface area contributed by atoms with E-state index in [2.05, 4.69) is 17.1 Å². The first-order chi connectivity index (χ1) is 9.62. The topological polar surface area (TPSA) is 69.2 Å². The second-order valence-electron chi connectivity index (χ2n) is 4.72. The highest BCUT2D eigenvalue weighted by Gasteiger charge is 2.33. The normalized spacial score (nSPS) is 21.8. The van der Waals surface area contributed by atoms with E-state index in [-0.39, 0.29) is 5.92 Å². The van der Waals surface area contributed by atoms with Crippen LogP contribution >= 0.6 is 0 Å². The average molecular weight is 265 g/mol. The Hall–Kier alpha value is -2.59. The van der Waals surface area contributed by atoms with Crippen molar-refractivity contribution in [2.45, 2.75) is 19.8 Å². The van der Waals surface area contributed by atoms with Crippen LogP contribution in [-0.4, -0.2) is 12.8 Å². The van der Waals surface area contributed by atoms with Gasteiger partial charge in [0.2, 0.25) is 0 Å². The summed E-state index contributed by atoms with van der Waals surface area (Å²) >= 11 is 0. The number of hydrogen-bond acceptors (Lipinski definition) is 4. The second kappa shape index (κ2) is 5.59. The minimum Gasteiger partial charge on any atom is -0.497 e. The van der Waals surface area contributed by atoms with Crippen LogP contribution in [0.5, 0.6) is 5.75 Å². The predicted molar refractivity (Wildman–Crippen MR) is 76.3 cm³/mol. The minimum absolute atomic E-state index is 0.256. The number of benzene rings is 1. The highest BCUT2D eigenvalue weighted by atomic mass is 16.5. The number of nitrogens with zero attached hydrogens (tertiary/aromatic N) is 3. The molecule has 0 fully saturated rings. The van der Waals surface area contributed by atoms with Gasteiger partial charge in [-0.25, -0.2) is 0 Å². The van der Waals surface area contributed by atoms with Crippen molar-refractivity contribution in [1.82, 2.24) is 0 Å². The number of aliphatic imine (C=N–C) groups is 1. The van der Waals surface area contributed by atoms with Crippen molar-refractivity contribution < 1.29 is 4.74 Å². The minimum atomic E-state index is -0.401. The first kappa shape index (κ1) is 13.8. The summed E-state index contributed by atoms with van der Waals surface area (Å²) in [5.41, 5.74) is 2.94. The van der Waals surface area contributed by atoms with Crippen LogP contribution in [0.15, 0.2) is 40.5 Å². The summed E-state index contributed by atoms with van der Waals surface area (Å²) in [7, 11) is 1.61. The summed E-state index contributed by atoms with van der Waals surface area (Å²) in [5.74, 6) is 0.0952. The lowest BCUT2D eigenvalue weighted by Crippen LogP contribution is -2.24. The van der Waals surface area contributed by atoms with E-state index in [0.29, 0.717) is 11.3 Å². The van der Waals surface area contributed by atoms with E-state index in [1.165, 1.54) is 0 Å². The highest BCUT2D eigenvalue weighted by Crippen LogP contribution is 2.38. The maximum atomic E-state index is 9.41. The maximum absolute atomic E-state index is 9.41. The SMILES string of the molecule is COc1ccc([C@@H]2C(C#N)=C(C)N=C(C)C2C#N)cc1. The number of hydrogen-bond donors (Lipinski definition) is 0. The molecule has 4 nitrogen and oxygen atoms in total. The zero-order valence-electron chi connectivity index (χ0n) is 11.7. The summed E-state index contributed by atoms with van der Waals surface area (Å²) in [5, 5.41) is 18.8. The van der Waals surface area contributed by atoms with Crippen LogP contribution in [0.2, 0.25) is 0 Å². The zero-order chi connectivity index (χ0) is 14.7. The molecule has 1 aliphatic rings. The Morgan fingerprint density at radius 1 is 1.15 bits per heavy atom. The monoisotopic (exact) mass is 265 g/mol. The van der Waals surface area contributed by atoms with Crippen LogP contribution in [0.25, 0.3) is 0 Å². The number of nitriles is 2. The molecule has 2 atom stereocenters. The van der Waals surface area contributed by atoms with Gasteiger partial charge in [0.25, 0.3) is 0 Å². The zero-order valence-corrected chi connectivity index (χ0v) is 11.7. The maximum Gasteiger partial charge on any atom is 0.118 e. The summed E-state index contributed by atoms with van der Waals surface area (Å²) in [6.07, 6.45) is 0. The molecular formula is C16H15N3O. The van der Waals surface area contributed by atoms with Gasteiger partial charge in [-0.2, -0.15) is 10.5 Å². The van der Waals surface area contributed by atoms with Gasteiger partial charge in [-0.15, -0.1) is 0 Å². The van der Waals surface area contributed by atoms with Gasteiger partial charge in [0.05, 0.1) is 36.4 Å². The van der Waals surface area contributed by atoms with Crippen molar-refractivity contribution in [3.63, 3.8) is 0 Å². The summed E-state index contributed by atoms with van der Waals surface area (Å²) in [6.45, 7) is 3.65. The molecule has 0 radical (unpaired) electrons. The fourth-order valence-corrected chi connectivity index (χ4v) is 2.52. The molecular weight excluding hydrogens is 250 g/mol. The Bertz CT molecular complexity index is 656. The summed E-state index contributed by atoms with van der Waals surface area (Å²) < 4.78 is 5.14. The number of rotatable bonds is 2. The van der Waals surface area contributed by atoms with Gasteiger partial charge in [-0.05, 0) is 31.5 Å². The molecule has 1 unspecified atom stereocenters. The molecule has 0 amide bonds. The van der Waals surface area contributed by atoms with Gasteiger partial charge >= 0.3 is 0 Å². The van der Waals surface area contributed by atoms with Crippen molar-refractivity contribution in [1.29, 1.82) is 10.5 Å². The predicted octanol–water partition coefficient (Wildman–Crippen LogP) is 3.19. The van der Waals surface area contributed by atoms with Gasteiger partial charge in [-0.1, -0.05) is 12.1 Å². The van der Waals surface area contributed by atoms with E-state index < -0.39 is 5.92 Å². The van der Waals surface area contributed by atoms with E-state index in [9.17, 15) is 10.5 Å². The van der Waals surface area contributed by atoms with E-state index in [0.717, 1.165) is 17.0 Å². The van der Waals surface area contributed by atoms with Gasteiger partial charge in [0.15, 0.2) is 0 Å². The second-order valence-corrected chi connectivity index (χ2v) is 4.72. The summed E-state index contributed by atoms with van der Waals surface area (Å²) in [4.78, 5) is 4.32. The molecule has 0 saturated heterocycles. The fourth-order valence-electron chi connectivity index (χ4n) is 2.52. The molecule has 1 aromatic carbocycles. The Morgan fingerprint density at radius 3 is 2.30 bits per heavy atom. The molecule has 1 aromatic rings. The third-order valence-corrected chi connectivity index (χ3v) is 3.56. The molecule has 100 valence electrons. The lowest BCUT2D eigenvalue weighted by molar-refractivity contribution is 0.414. The smallest absolute Gasteiger partial charge is 0.118 e. The van der Waals surface area contributed by atoms with Crippen molar-refractivity contribution >= 4 is 5.71 Å². The molecule has 0 spiro atoms. The van der Waals surface area contributed by atoms with Gasteiger partial charge in [-0.3, -0.25) is 4.99 Å². The van der Waals surface area contributed by atoms with Gasteiger partial charge < -0.3 is 4.74 Å². The first-order valence-electron chi connectivity index (χ1n) is 6.32. The van der Waals surface area contributed by atoms with E-state index >= 15 is 0 Å². The van der Waals surface area contributed by atoms with Crippen LogP contribution in [-0.2, 0) is 0 Å². The van der Waals surface area contributed by atoms with Crippen LogP contribution in [0.3, 0.4) is 0 Å². The fraction of sp³-hybridized carbons (Fsp3) is 0.312. The first-order valence-corrected chi connectivity index (χ1v) is 6.32. The van der Waals surface area contributed by atoms with E-state index in [1.807, 2.05) is 38.1 Å². The van der Waals surface area contributed by atoms with E-state index in [4.69, 9.17) is 4.74 Å². The third kappa shape index (κ3) is 2.29. The number of methoxy groups -OCH3 is 1. The quantitative estimate of drug-likeness (QED) is 0.824. The average Bonchev–Trinajstić information content (AvgIpc) is 2.46. The standard InChI is InChI=1S/C16H15N3O/c1-10-14(8-17)16(15(9-18)11(2)19-10)12-4-6-13(20-3)7-5-12/h4-7,14,16H,1-3H3/t14?,16-/m0/s1. The molecule has 0 N–H and O–H groups in total. The number of ether oxygens (including phenoxy) is 1. The molecule has 4 heteroatoms. The molecule has 0 saturated carbocycles. The molecule has 2 rings (SSSR count). The van der Waals surface area contributed by atoms with Crippen LogP contribution in [0, 0.1) is 28.6 Å². The molecule has 20 heavy (non-hydrogen) atoms. The van der Waals surface area contributed by atoms with E-state index in [1.54, 1.807) is 7.11 Å². The van der Waals surface area contributed by atoms with Gasteiger partial charge in [0, 0.05) is 11.6 Å². The molecule has 1 heterocycles. The molecule has 0 aromatic heterocycles. The van der Waals surface area contributed by atoms with Crippen molar-refractivity contribution in [2.75, 3.05) is 7.11 Å². The Labute approximate surface area is 118 Å². The Balaban J connectivity index is 2.53.